The Balaban J connectivity index is 2.76. The highest BCUT2D eigenvalue weighted by Crippen LogP contribution is 2.32. The first-order valence-electron chi connectivity index (χ1n) is 5.28. The molecule has 2 aromatic carbocycles. The lowest BCUT2D eigenvalue weighted by atomic mass is 10.0. The van der Waals surface area contributed by atoms with Crippen LogP contribution in [-0.4, -0.2) is 25.2 Å². The van der Waals surface area contributed by atoms with Crippen LogP contribution in [0, 0.1) is 0 Å². The van der Waals surface area contributed by atoms with Gasteiger partial charge in [-0.3, -0.25) is 0 Å². The number of benzene rings is 2. The fraction of sp³-hybridized carbons (Fsp3) is 0.167. The highest BCUT2D eigenvalue weighted by molar-refractivity contribution is 7.89. The fourth-order valence-electron chi connectivity index (χ4n) is 1.97. The second kappa shape index (κ2) is 4.56. The molecule has 0 spiro atoms. The zero-order chi connectivity index (χ0) is 13.3. The van der Waals surface area contributed by atoms with E-state index in [1.54, 1.807) is 24.3 Å². The van der Waals surface area contributed by atoms with Gasteiger partial charge in [0.2, 0.25) is 10.0 Å². The van der Waals surface area contributed by atoms with Crippen LogP contribution in [0.2, 0.25) is 0 Å². The van der Waals surface area contributed by atoms with Gasteiger partial charge in [-0.15, -0.1) is 0 Å². The SMILES string of the molecule is NS(=O)(=O)C(CO)c1ccc(O)c2ccccc12. The summed E-state index contributed by atoms with van der Waals surface area (Å²) in [5.41, 5.74) is 0.383. The molecule has 18 heavy (non-hydrogen) atoms. The van der Waals surface area contributed by atoms with Crippen molar-refractivity contribution >= 4 is 20.8 Å². The zero-order valence-electron chi connectivity index (χ0n) is 9.45. The molecule has 0 heterocycles. The molecular formula is C12H13NO4S. The lowest BCUT2D eigenvalue weighted by Crippen LogP contribution is -2.24. The topological polar surface area (TPSA) is 101 Å². The summed E-state index contributed by atoms with van der Waals surface area (Å²) in [4.78, 5) is 0. The van der Waals surface area contributed by atoms with Gasteiger partial charge in [-0.05, 0) is 17.0 Å². The van der Waals surface area contributed by atoms with Crippen molar-refractivity contribution in [3.8, 4) is 5.75 Å². The van der Waals surface area contributed by atoms with E-state index in [0.717, 1.165) is 0 Å². The molecule has 0 fully saturated rings. The molecule has 0 saturated carbocycles. The number of phenols is 1. The van der Waals surface area contributed by atoms with Gasteiger partial charge in [0, 0.05) is 5.39 Å². The van der Waals surface area contributed by atoms with E-state index in [4.69, 9.17) is 5.14 Å². The second-order valence-electron chi connectivity index (χ2n) is 3.98. The molecule has 0 aliphatic heterocycles. The summed E-state index contributed by atoms with van der Waals surface area (Å²) in [6.07, 6.45) is 0. The Hall–Kier alpha value is -1.63. The maximum Gasteiger partial charge on any atom is 0.218 e. The average molecular weight is 267 g/mol. The number of sulfonamides is 1. The minimum Gasteiger partial charge on any atom is -0.507 e. The van der Waals surface area contributed by atoms with Crippen molar-refractivity contribution in [2.45, 2.75) is 5.25 Å². The molecular weight excluding hydrogens is 254 g/mol. The maximum absolute atomic E-state index is 11.4. The van der Waals surface area contributed by atoms with Gasteiger partial charge in [0.25, 0.3) is 0 Å². The van der Waals surface area contributed by atoms with E-state index in [1.807, 2.05) is 0 Å². The van der Waals surface area contributed by atoms with Gasteiger partial charge in [-0.25, -0.2) is 13.6 Å². The molecule has 4 N–H and O–H groups in total. The Bertz CT molecular complexity index is 682. The largest absolute Gasteiger partial charge is 0.507 e. The van der Waals surface area contributed by atoms with Crippen molar-refractivity contribution in [3.05, 3.63) is 42.0 Å². The van der Waals surface area contributed by atoms with Crippen molar-refractivity contribution in [3.63, 3.8) is 0 Å². The van der Waals surface area contributed by atoms with E-state index < -0.39 is 21.9 Å². The maximum atomic E-state index is 11.4. The summed E-state index contributed by atoms with van der Waals surface area (Å²) in [5.74, 6) is 0.0560. The molecule has 0 bridgehead atoms. The Kier molecular flexibility index (Phi) is 3.25. The number of primary sulfonamides is 1. The van der Waals surface area contributed by atoms with Gasteiger partial charge in [0.1, 0.15) is 11.0 Å². The molecule has 0 saturated heterocycles. The van der Waals surface area contributed by atoms with Crippen LogP contribution in [0.4, 0.5) is 0 Å². The third-order valence-electron chi connectivity index (χ3n) is 2.84. The predicted molar refractivity (Wildman–Crippen MR) is 68.5 cm³/mol. The smallest absolute Gasteiger partial charge is 0.218 e. The van der Waals surface area contributed by atoms with Crippen molar-refractivity contribution in [2.75, 3.05) is 6.61 Å². The number of nitrogens with two attached hydrogens (primary N) is 1. The Morgan fingerprint density at radius 2 is 1.72 bits per heavy atom. The molecule has 0 aliphatic carbocycles. The number of fused-ring (bicyclic) bond motifs is 1. The number of phenolic OH excluding ortho intramolecular Hbond substituents is 1. The van der Waals surface area contributed by atoms with Crippen LogP contribution < -0.4 is 5.14 Å². The molecule has 6 heteroatoms. The molecule has 2 rings (SSSR count). The summed E-state index contributed by atoms with van der Waals surface area (Å²) in [7, 11) is -3.90. The third kappa shape index (κ3) is 2.17. The lowest BCUT2D eigenvalue weighted by molar-refractivity contribution is 0.292. The quantitative estimate of drug-likeness (QED) is 0.768. The van der Waals surface area contributed by atoms with E-state index in [-0.39, 0.29) is 5.75 Å². The third-order valence-corrected chi connectivity index (χ3v) is 4.04. The monoisotopic (exact) mass is 267 g/mol. The van der Waals surface area contributed by atoms with Gasteiger partial charge < -0.3 is 10.2 Å². The van der Waals surface area contributed by atoms with Crippen molar-refractivity contribution in [1.29, 1.82) is 0 Å². The number of aliphatic hydroxyl groups excluding tert-OH is 1. The Morgan fingerprint density at radius 3 is 2.28 bits per heavy atom. The number of hydrogen-bond acceptors (Lipinski definition) is 4. The summed E-state index contributed by atoms with van der Waals surface area (Å²) in [6.45, 7) is -0.604. The lowest BCUT2D eigenvalue weighted by Gasteiger charge is -2.15. The number of aromatic hydroxyl groups is 1. The fourth-order valence-corrected chi connectivity index (χ4v) is 2.73. The van der Waals surface area contributed by atoms with Crippen LogP contribution >= 0.6 is 0 Å². The van der Waals surface area contributed by atoms with Crippen molar-refractivity contribution < 1.29 is 18.6 Å². The molecule has 0 amide bonds. The van der Waals surface area contributed by atoms with Gasteiger partial charge in [0.15, 0.2) is 0 Å². The first-order chi connectivity index (χ1) is 8.45. The summed E-state index contributed by atoms with van der Waals surface area (Å²) < 4.78 is 22.9. The van der Waals surface area contributed by atoms with Gasteiger partial charge in [-0.2, -0.15) is 0 Å². The van der Waals surface area contributed by atoms with Crippen molar-refractivity contribution in [1.82, 2.24) is 0 Å². The van der Waals surface area contributed by atoms with Crippen LogP contribution in [0.5, 0.6) is 5.75 Å². The van der Waals surface area contributed by atoms with Crippen LogP contribution in [0.25, 0.3) is 10.8 Å². The number of rotatable bonds is 3. The number of aliphatic hydroxyl groups is 1. The molecule has 0 radical (unpaired) electrons. The van der Waals surface area contributed by atoms with Crippen LogP contribution in [0.3, 0.4) is 0 Å². The van der Waals surface area contributed by atoms with Crippen LogP contribution in [0.1, 0.15) is 10.8 Å². The molecule has 0 aliphatic rings. The Morgan fingerprint density at radius 1 is 1.11 bits per heavy atom. The molecule has 5 nitrogen and oxygen atoms in total. The highest BCUT2D eigenvalue weighted by Gasteiger charge is 2.24. The van der Waals surface area contributed by atoms with E-state index in [1.165, 1.54) is 12.1 Å². The van der Waals surface area contributed by atoms with E-state index >= 15 is 0 Å². The van der Waals surface area contributed by atoms with Gasteiger partial charge in [0.05, 0.1) is 6.61 Å². The van der Waals surface area contributed by atoms with E-state index in [2.05, 4.69) is 0 Å². The number of hydrogen-bond donors (Lipinski definition) is 3. The average Bonchev–Trinajstić information content (AvgIpc) is 2.32. The molecule has 1 atom stereocenters. The molecule has 0 aromatic heterocycles. The molecule has 2 aromatic rings. The minimum absolute atomic E-state index is 0.0560. The first kappa shape index (κ1) is 12.8. The van der Waals surface area contributed by atoms with E-state index in [9.17, 15) is 18.6 Å². The zero-order valence-corrected chi connectivity index (χ0v) is 10.3. The van der Waals surface area contributed by atoms with Crippen LogP contribution in [-0.2, 0) is 10.0 Å². The first-order valence-corrected chi connectivity index (χ1v) is 6.89. The molecule has 1 unspecified atom stereocenters. The Labute approximate surface area is 105 Å². The minimum atomic E-state index is -3.90. The van der Waals surface area contributed by atoms with Crippen LogP contribution in [0.15, 0.2) is 36.4 Å². The standard InChI is InChI=1S/C12H13NO4S/c13-18(16,17)12(7-14)10-5-6-11(15)9-4-2-1-3-8(9)10/h1-6,12,14-15H,7H2,(H2,13,16,17). The summed E-state index contributed by atoms with van der Waals surface area (Å²) in [6, 6.07) is 9.66. The van der Waals surface area contributed by atoms with Gasteiger partial charge >= 0.3 is 0 Å². The van der Waals surface area contributed by atoms with Crippen molar-refractivity contribution in [2.24, 2.45) is 5.14 Å². The predicted octanol–water partition coefficient (Wildman–Crippen LogP) is 0.867. The second-order valence-corrected chi connectivity index (χ2v) is 5.73. The van der Waals surface area contributed by atoms with Gasteiger partial charge in [-0.1, -0.05) is 30.3 Å². The summed E-state index contributed by atoms with van der Waals surface area (Å²) >= 11 is 0. The normalized spacial score (nSPS) is 13.7. The van der Waals surface area contributed by atoms with E-state index in [0.29, 0.717) is 16.3 Å². The highest BCUT2D eigenvalue weighted by atomic mass is 32.2. The summed E-state index contributed by atoms with van der Waals surface area (Å²) in [5, 5.41) is 23.9. The molecule has 96 valence electrons.